The fraction of sp³-hybridized carbons (Fsp3) is 0.296. The van der Waals surface area contributed by atoms with Crippen LogP contribution in [0.2, 0.25) is 0 Å². The summed E-state index contributed by atoms with van der Waals surface area (Å²) in [7, 11) is 7.31. The highest BCUT2D eigenvalue weighted by Gasteiger charge is 2.28. The third-order valence-corrected chi connectivity index (χ3v) is 6.85. The molecule has 2 amide bonds. The Bertz CT molecular complexity index is 1360. The number of thiophene rings is 1. The van der Waals surface area contributed by atoms with Crippen molar-refractivity contribution in [3.05, 3.63) is 51.9 Å². The summed E-state index contributed by atoms with van der Waals surface area (Å²) in [5, 5.41) is 5.67. The Morgan fingerprint density at radius 3 is 1.97 bits per heavy atom. The molecule has 0 spiro atoms. The van der Waals surface area contributed by atoms with Gasteiger partial charge in [0.1, 0.15) is 16.5 Å². The van der Waals surface area contributed by atoms with Crippen LogP contribution in [-0.2, 0) is 4.74 Å². The molecule has 11 nitrogen and oxygen atoms in total. The fourth-order valence-corrected chi connectivity index (χ4v) is 4.82. The lowest BCUT2D eigenvalue weighted by Crippen LogP contribution is -2.15. The van der Waals surface area contributed by atoms with Crippen molar-refractivity contribution in [1.82, 2.24) is 0 Å². The highest BCUT2D eigenvalue weighted by molar-refractivity contribution is 7.19. The van der Waals surface area contributed by atoms with Crippen LogP contribution in [0, 0.1) is 6.92 Å². The maximum atomic E-state index is 13.3. The van der Waals surface area contributed by atoms with Gasteiger partial charge in [-0.1, -0.05) is 0 Å². The van der Waals surface area contributed by atoms with E-state index in [4.69, 9.17) is 28.4 Å². The number of hydrogen-bond acceptors (Lipinski definition) is 10. The number of amides is 2. The van der Waals surface area contributed by atoms with Gasteiger partial charge in [-0.05, 0) is 43.7 Å². The summed E-state index contributed by atoms with van der Waals surface area (Å²) in [5.74, 6) is 0.0877. The lowest BCUT2D eigenvalue weighted by atomic mass is 10.1. The van der Waals surface area contributed by atoms with Gasteiger partial charge < -0.3 is 39.1 Å². The van der Waals surface area contributed by atoms with E-state index in [0.717, 1.165) is 11.3 Å². The molecule has 39 heavy (non-hydrogen) atoms. The van der Waals surface area contributed by atoms with Gasteiger partial charge in [-0.15, -0.1) is 11.3 Å². The third-order valence-electron chi connectivity index (χ3n) is 5.64. The van der Waals surface area contributed by atoms with E-state index in [1.807, 2.05) is 0 Å². The molecule has 0 radical (unpaired) electrons. The van der Waals surface area contributed by atoms with Gasteiger partial charge in [0.2, 0.25) is 5.75 Å². The first kappa shape index (κ1) is 29.1. The first-order valence-electron chi connectivity index (χ1n) is 11.7. The summed E-state index contributed by atoms with van der Waals surface area (Å²) < 4.78 is 31.7. The van der Waals surface area contributed by atoms with Gasteiger partial charge in [0.15, 0.2) is 11.5 Å². The minimum Gasteiger partial charge on any atom is -0.497 e. The molecule has 1 heterocycles. The number of hydrogen-bond donors (Lipinski definition) is 2. The SMILES string of the molecule is CCOC(=O)c1c(NC(=O)c2cc(OC)c(OC)c(OC)c2)sc(C(=O)Nc2ccc(OC)cc2OC)c1C. The first-order chi connectivity index (χ1) is 18.7. The van der Waals surface area contributed by atoms with Crippen LogP contribution >= 0.6 is 11.3 Å². The molecule has 0 atom stereocenters. The number of carbonyl (C=O) groups is 3. The van der Waals surface area contributed by atoms with Gasteiger partial charge in [-0.3, -0.25) is 9.59 Å². The molecule has 208 valence electrons. The van der Waals surface area contributed by atoms with Crippen LogP contribution in [0.25, 0.3) is 0 Å². The van der Waals surface area contributed by atoms with Crippen molar-refractivity contribution in [3.8, 4) is 28.7 Å². The Morgan fingerprint density at radius 1 is 0.795 bits per heavy atom. The maximum Gasteiger partial charge on any atom is 0.341 e. The van der Waals surface area contributed by atoms with E-state index in [1.54, 1.807) is 32.0 Å². The zero-order valence-electron chi connectivity index (χ0n) is 22.7. The molecule has 0 saturated carbocycles. The number of ether oxygens (including phenoxy) is 6. The van der Waals surface area contributed by atoms with E-state index >= 15 is 0 Å². The number of benzene rings is 2. The lowest BCUT2D eigenvalue weighted by molar-refractivity contribution is 0.0527. The molecular formula is C27H30N2O9S. The molecule has 0 unspecified atom stereocenters. The van der Waals surface area contributed by atoms with E-state index in [0.29, 0.717) is 28.5 Å². The molecule has 1 aromatic heterocycles. The van der Waals surface area contributed by atoms with Crippen molar-refractivity contribution in [2.45, 2.75) is 13.8 Å². The normalized spacial score (nSPS) is 10.3. The Kier molecular flexibility index (Phi) is 9.61. The highest BCUT2D eigenvalue weighted by atomic mass is 32.1. The summed E-state index contributed by atoms with van der Waals surface area (Å²) in [5.41, 5.74) is 1.01. The summed E-state index contributed by atoms with van der Waals surface area (Å²) in [6.07, 6.45) is 0. The summed E-state index contributed by atoms with van der Waals surface area (Å²) in [6, 6.07) is 7.89. The second-order valence-corrected chi connectivity index (χ2v) is 8.89. The monoisotopic (exact) mass is 558 g/mol. The number of nitrogens with one attached hydrogen (secondary N) is 2. The van der Waals surface area contributed by atoms with Crippen LogP contribution < -0.4 is 34.3 Å². The molecule has 2 aromatic carbocycles. The van der Waals surface area contributed by atoms with Crippen molar-refractivity contribution >= 4 is 39.8 Å². The van der Waals surface area contributed by atoms with E-state index in [2.05, 4.69) is 10.6 Å². The fourth-order valence-electron chi connectivity index (χ4n) is 3.74. The maximum absolute atomic E-state index is 13.3. The standard InChI is InChI=1S/C27H30N2O9S/c1-8-38-27(32)21-14(2)23(25(31)28-17-10-9-16(33-3)13-18(17)34-4)39-26(21)29-24(30)15-11-19(35-5)22(37-7)20(12-15)36-6/h9-13H,8H2,1-7H3,(H,28,31)(H,29,30). The highest BCUT2D eigenvalue weighted by Crippen LogP contribution is 2.40. The van der Waals surface area contributed by atoms with Gasteiger partial charge in [-0.25, -0.2) is 4.79 Å². The smallest absolute Gasteiger partial charge is 0.341 e. The predicted octanol–water partition coefficient (Wildman–Crippen LogP) is 4.78. The molecule has 0 aliphatic carbocycles. The largest absolute Gasteiger partial charge is 0.497 e. The molecule has 0 aliphatic heterocycles. The van der Waals surface area contributed by atoms with Crippen LogP contribution in [-0.4, -0.2) is 59.9 Å². The van der Waals surface area contributed by atoms with E-state index in [9.17, 15) is 14.4 Å². The van der Waals surface area contributed by atoms with Crippen molar-refractivity contribution in [2.24, 2.45) is 0 Å². The Balaban J connectivity index is 2.00. The Hall–Kier alpha value is -4.45. The molecule has 2 N–H and O–H groups in total. The quantitative estimate of drug-likeness (QED) is 0.319. The Morgan fingerprint density at radius 2 is 1.44 bits per heavy atom. The van der Waals surface area contributed by atoms with E-state index in [1.165, 1.54) is 47.7 Å². The number of methoxy groups -OCH3 is 5. The third kappa shape index (κ3) is 6.17. The van der Waals surface area contributed by atoms with Gasteiger partial charge in [-0.2, -0.15) is 0 Å². The molecule has 3 rings (SSSR count). The topological polar surface area (TPSA) is 131 Å². The van der Waals surface area contributed by atoms with Crippen LogP contribution in [0.3, 0.4) is 0 Å². The molecular weight excluding hydrogens is 528 g/mol. The number of rotatable bonds is 11. The van der Waals surface area contributed by atoms with Crippen LogP contribution in [0.1, 0.15) is 42.9 Å². The zero-order valence-corrected chi connectivity index (χ0v) is 23.5. The Labute approximate surface area is 229 Å². The summed E-state index contributed by atoms with van der Waals surface area (Å²) in [6.45, 7) is 3.38. The van der Waals surface area contributed by atoms with E-state index < -0.39 is 17.8 Å². The average molecular weight is 559 g/mol. The number of carbonyl (C=O) groups excluding carboxylic acids is 3. The van der Waals surface area contributed by atoms with Crippen LogP contribution in [0.15, 0.2) is 30.3 Å². The van der Waals surface area contributed by atoms with Crippen molar-refractivity contribution in [2.75, 3.05) is 52.8 Å². The predicted molar refractivity (Wildman–Crippen MR) is 147 cm³/mol. The average Bonchev–Trinajstić information content (AvgIpc) is 3.27. The van der Waals surface area contributed by atoms with Crippen molar-refractivity contribution in [3.63, 3.8) is 0 Å². The van der Waals surface area contributed by atoms with E-state index in [-0.39, 0.29) is 39.1 Å². The molecule has 12 heteroatoms. The minimum atomic E-state index is -0.674. The first-order valence-corrected chi connectivity index (χ1v) is 12.5. The molecule has 0 bridgehead atoms. The van der Waals surface area contributed by atoms with Gasteiger partial charge in [0, 0.05) is 11.6 Å². The van der Waals surface area contributed by atoms with Crippen LogP contribution in [0.5, 0.6) is 28.7 Å². The summed E-state index contributed by atoms with van der Waals surface area (Å²) >= 11 is 0.942. The summed E-state index contributed by atoms with van der Waals surface area (Å²) in [4.78, 5) is 39.6. The number of anilines is 2. The molecule has 3 aromatic rings. The minimum absolute atomic E-state index is 0.0782. The number of esters is 1. The second kappa shape index (κ2) is 12.9. The van der Waals surface area contributed by atoms with Crippen molar-refractivity contribution in [1.29, 1.82) is 0 Å². The van der Waals surface area contributed by atoms with Crippen LogP contribution in [0.4, 0.5) is 10.7 Å². The van der Waals surface area contributed by atoms with Gasteiger partial charge in [0.05, 0.1) is 58.3 Å². The molecule has 0 saturated heterocycles. The second-order valence-electron chi connectivity index (χ2n) is 7.87. The molecule has 0 aliphatic rings. The van der Waals surface area contributed by atoms with Gasteiger partial charge >= 0.3 is 5.97 Å². The van der Waals surface area contributed by atoms with Gasteiger partial charge in [0.25, 0.3) is 11.8 Å². The molecule has 0 fully saturated rings. The van der Waals surface area contributed by atoms with Crippen molar-refractivity contribution < 1.29 is 42.8 Å². The lowest BCUT2D eigenvalue weighted by Gasteiger charge is -2.14. The zero-order chi connectivity index (χ0) is 28.7.